The maximum Gasteiger partial charge on any atom is 0.315 e. The standard InChI is InChI=1S/C14H19NO3/c1-3-4-10-15(12-8-6-5-7-9-12)13(16)11(2)14(17)18/h5-9,11H,3-4,10H2,1-2H3,(H,17,18). The minimum atomic E-state index is -1.09. The molecular weight excluding hydrogens is 230 g/mol. The van der Waals surface area contributed by atoms with E-state index in [1.807, 2.05) is 37.3 Å². The minimum absolute atomic E-state index is 0.359. The molecule has 1 amide bonds. The van der Waals surface area contributed by atoms with E-state index in [0.717, 1.165) is 18.5 Å². The number of amides is 1. The highest BCUT2D eigenvalue weighted by Gasteiger charge is 2.26. The lowest BCUT2D eigenvalue weighted by molar-refractivity contribution is -0.145. The molecule has 0 bridgehead atoms. The van der Waals surface area contributed by atoms with Crippen molar-refractivity contribution in [2.24, 2.45) is 5.92 Å². The highest BCUT2D eigenvalue weighted by Crippen LogP contribution is 2.17. The molecule has 1 N–H and O–H groups in total. The van der Waals surface area contributed by atoms with Crippen LogP contribution in [0.1, 0.15) is 26.7 Å². The Hall–Kier alpha value is -1.84. The van der Waals surface area contributed by atoms with Gasteiger partial charge >= 0.3 is 5.97 Å². The van der Waals surface area contributed by atoms with Crippen LogP contribution < -0.4 is 4.90 Å². The number of aliphatic carboxylic acids is 1. The van der Waals surface area contributed by atoms with E-state index in [4.69, 9.17) is 5.11 Å². The number of anilines is 1. The summed E-state index contributed by atoms with van der Waals surface area (Å²) in [5.41, 5.74) is 0.754. The van der Waals surface area contributed by atoms with E-state index in [0.29, 0.717) is 6.54 Å². The van der Waals surface area contributed by atoms with Crippen molar-refractivity contribution in [3.8, 4) is 0 Å². The molecule has 0 aliphatic carbocycles. The zero-order valence-electron chi connectivity index (χ0n) is 10.8. The highest BCUT2D eigenvalue weighted by atomic mass is 16.4. The summed E-state index contributed by atoms with van der Waals surface area (Å²) in [7, 11) is 0. The van der Waals surface area contributed by atoms with Gasteiger partial charge in [0.05, 0.1) is 0 Å². The van der Waals surface area contributed by atoms with Crippen LogP contribution in [0.4, 0.5) is 5.69 Å². The Morgan fingerprint density at radius 2 is 1.89 bits per heavy atom. The Kier molecular flexibility index (Phi) is 5.36. The summed E-state index contributed by atoms with van der Waals surface area (Å²) in [6, 6.07) is 9.19. The van der Waals surface area contributed by atoms with Crippen molar-refractivity contribution in [1.82, 2.24) is 0 Å². The number of carbonyl (C=O) groups is 2. The fraction of sp³-hybridized carbons (Fsp3) is 0.429. The fourth-order valence-electron chi connectivity index (χ4n) is 1.63. The molecule has 4 heteroatoms. The van der Waals surface area contributed by atoms with Crippen molar-refractivity contribution in [2.75, 3.05) is 11.4 Å². The number of para-hydroxylation sites is 1. The molecule has 0 fully saturated rings. The molecule has 0 aliphatic heterocycles. The summed E-state index contributed by atoms with van der Waals surface area (Å²) in [6.45, 7) is 4.01. The lowest BCUT2D eigenvalue weighted by atomic mass is 10.1. The number of hydrogen-bond donors (Lipinski definition) is 1. The summed E-state index contributed by atoms with van der Waals surface area (Å²) in [4.78, 5) is 24.6. The van der Waals surface area contributed by atoms with E-state index in [1.54, 1.807) is 4.90 Å². The van der Waals surface area contributed by atoms with Gasteiger partial charge < -0.3 is 10.0 Å². The van der Waals surface area contributed by atoms with Gasteiger partial charge in [0.15, 0.2) is 0 Å². The third-order valence-corrected chi connectivity index (χ3v) is 2.81. The predicted molar refractivity (Wildman–Crippen MR) is 70.5 cm³/mol. The molecule has 1 aromatic carbocycles. The van der Waals surface area contributed by atoms with Crippen LogP contribution in [0.3, 0.4) is 0 Å². The Morgan fingerprint density at radius 1 is 1.28 bits per heavy atom. The van der Waals surface area contributed by atoms with Gasteiger partial charge in [-0.2, -0.15) is 0 Å². The van der Waals surface area contributed by atoms with Gasteiger partial charge in [-0.25, -0.2) is 0 Å². The third kappa shape index (κ3) is 3.58. The molecule has 18 heavy (non-hydrogen) atoms. The second-order valence-corrected chi connectivity index (χ2v) is 4.24. The van der Waals surface area contributed by atoms with E-state index >= 15 is 0 Å². The first-order chi connectivity index (χ1) is 8.57. The molecule has 1 aromatic rings. The van der Waals surface area contributed by atoms with Crippen LogP contribution in [-0.2, 0) is 9.59 Å². The molecule has 0 saturated carbocycles. The van der Waals surface area contributed by atoms with Crippen LogP contribution in [-0.4, -0.2) is 23.5 Å². The molecule has 1 atom stereocenters. The zero-order valence-corrected chi connectivity index (χ0v) is 10.8. The smallest absolute Gasteiger partial charge is 0.315 e. The van der Waals surface area contributed by atoms with Crippen LogP contribution in [0.2, 0.25) is 0 Å². The Labute approximate surface area is 107 Å². The number of benzene rings is 1. The Balaban J connectivity index is 2.91. The first-order valence-electron chi connectivity index (χ1n) is 6.17. The molecule has 0 aliphatic rings. The number of carboxylic acids is 1. The van der Waals surface area contributed by atoms with Crippen LogP contribution in [0, 0.1) is 5.92 Å². The van der Waals surface area contributed by atoms with Crippen molar-refractivity contribution in [3.05, 3.63) is 30.3 Å². The van der Waals surface area contributed by atoms with Gasteiger partial charge in [-0.3, -0.25) is 9.59 Å². The van der Waals surface area contributed by atoms with Gasteiger partial charge in [0, 0.05) is 12.2 Å². The molecular formula is C14H19NO3. The molecule has 0 spiro atoms. The summed E-state index contributed by atoms with van der Waals surface area (Å²) >= 11 is 0. The number of carbonyl (C=O) groups excluding carboxylic acids is 1. The normalized spacial score (nSPS) is 11.9. The van der Waals surface area contributed by atoms with Gasteiger partial charge in [0.2, 0.25) is 5.91 Å². The maximum absolute atomic E-state index is 12.1. The van der Waals surface area contributed by atoms with Gasteiger partial charge in [-0.05, 0) is 25.5 Å². The topological polar surface area (TPSA) is 57.6 Å². The zero-order chi connectivity index (χ0) is 13.5. The number of nitrogens with zero attached hydrogens (tertiary/aromatic N) is 1. The summed E-state index contributed by atoms with van der Waals surface area (Å²) in [5, 5.41) is 8.93. The number of carboxylic acid groups (broad SMARTS) is 1. The van der Waals surface area contributed by atoms with Gasteiger partial charge in [0.1, 0.15) is 5.92 Å². The number of rotatable bonds is 6. The van der Waals surface area contributed by atoms with Crippen LogP contribution in [0.5, 0.6) is 0 Å². The highest BCUT2D eigenvalue weighted by molar-refractivity contribution is 6.05. The third-order valence-electron chi connectivity index (χ3n) is 2.81. The monoisotopic (exact) mass is 249 g/mol. The second kappa shape index (κ2) is 6.79. The molecule has 4 nitrogen and oxygen atoms in total. The van der Waals surface area contributed by atoms with Crippen LogP contribution >= 0.6 is 0 Å². The molecule has 1 unspecified atom stereocenters. The van der Waals surface area contributed by atoms with E-state index in [9.17, 15) is 9.59 Å². The Bertz CT molecular complexity index is 403. The van der Waals surface area contributed by atoms with Crippen molar-refractivity contribution >= 4 is 17.6 Å². The fourth-order valence-corrected chi connectivity index (χ4v) is 1.63. The van der Waals surface area contributed by atoms with Crippen molar-refractivity contribution in [2.45, 2.75) is 26.7 Å². The van der Waals surface area contributed by atoms with Crippen molar-refractivity contribution in [3.63, 3.8) is 0 Å². The first kappa shape index (κ1) is 14.2. The van der Waals surface area contributed by atoms with Gasteiger partial charge in [0.25, 0.3) is 0 Å². The minimum Gasteiger partial charge on any atom is -0.481 e. The van der Waals surface area contributed by atoms with E-state index in [2.05, 4.69) is 0 Å². The van der Waals surface area contributed by atoms with Gasteiger partial charge in [-0.1, -0.05) is 31.5 Å². The average Bonchev–Trinajstić information content (AvgIpc) is 2.39. The summed E-state index contributed by atoms with van der Waals surface area (Å²) in [5.74, 6) is -2.46. The molecule has 98 valence electrons. The molecule has 1 rings (SSSR count). The van der Waals surface area contributed by atoms with Crippen LogP contribution in [0.15, 0.2) is 30.3 Å². The van der Waals surface area contributed by atoms with Crippen molar-refractivity contribution < 1.29 is 14.7 Å². The van der Waals surface area contributed by atoms with Gasteiger partial charge in [-0.15, -0.1) is 0 Å². The largest absolute Gasteiger partial charge is 0.481 e. The molecule has 0 heterocycles. The van der Waals surface area contributed by atoms with E-state index in [1.165, 1.54) is 6.92 Å². The van der Waals surface area contributed by atoms with Crippen molar-refractivity contribution in [1.29, 1.82) is 0 Å². The molecule has 0 radical (unpaired) electrons. The summed E-state index contributed by atoms with van der Waals surface area (Å²) < 4.78 is 0. The average molecular weight is 249 g/mol. The van der Waals surface area contributed by atoms with E-state index < -0.39 is 11.9 Å². The number of hydrogen-bond acceptors (Lipinski definition) is 2. The van der Waals surface area contributed by atoms with Crippen LogP contribution in [0.25, 0.3) is 0 Å². The number of unbranched alkanes of at least 4 members (excludes halogenated alkanes) is 1. The summed E-state index contributed by atoms with van der Waals surface area (Å²) in [6.07, 6.45) is 1.81. The quantitative estimate of drug-likeness (QED) is 0.788. The molecule has 0 saturated heterocycles. The Morgan fingerprint density at radius 3 is 2.39 bits per heavy atom. The lowest BCUT2D eigenvalue weighted by Gasteiger charge is -2.24. The predicted octanol–water partition coefficient (Wildman–Crippen LogP) is 2.54. The maximum atomic E-state index is 12.1. The first-order valence-corrected chi connectivity index (χ1v) is 6.17. The SMILES string of the molecule is CCCCN(C(=O)C(C)C(=O)O)c1ccccc1. The molecule has 0 aromatic heterocycles. The second-order valence-electron chi connectivity index (χ2n) is 4.24. The van der Waals surface area contributed by atoms with E-state index in [-0.39, 0.29) is 5.91 Å². The lowest BCUT2D eigenvalue weighted by Crippen LogP contribution is -2.39.